The molecule has 0 radical (unpaired) electrons. The van der Waals surface area contributed by atoms with E-state index in [-0.39, 0.29) is 23.8 Å². The molecule has 0 bridgehead atoms. The molecule has 2 atom stereocenters. The summed E-state index contributed by atoms with van der Waals surface area (Å²) in [7, 11) is 0. The number of anilines is 1. The third-order valence-corrected chi connectivity index (χ3v) is 4.54. The van der Waals surface area contributed by atoms with Crippen LogP contribution in [-0.4, -0.2) is 17.9 Å². The lowest BCUT2D eigenvalue weighted by Gasteiger charge is -2.32. The average molecular weight is 319 g/mol. The summed E-state index contributed by atoms with van der Waals surface area (Å²) < 4.78 is 0. The second kappa shape index (κ2) is 6.53. The Morgan fingerprint density at radius 3 is 2.91 bits per heavy atom. The molecular formula is C17H19ClN2O2. The van der Waals surface area contributed by atoms with Crippen molar-refractivity contribution in [3.05, 3.63) is 40.9 Å². The van der Waals surface area contributed by atoms with Gasteiger partial charge in [-0.25, -0.2) is 0 Å². The first-order valence-corrected chi connectivity index (χ1v) is 8.06. The summed E-state index contributed by atoms with van der Waals surface area (Å²) in [5.74, 6) is -0.245. The maximum atomic E-state index is 12.6. The van der Waals surface area contributed by atoms with Crippen LogP contribution in [0.4, 0.5) is 5.69 Å². The Morgan fingerprint density at radius 1 is 1.32 bits per heavy atom. The van der Waals surface area contributed by atoms with Crippen molar-refractivity contribution in [2.24, 2.45) is 5.92 Å². The Morgan fingerprint density at radius 2 is 2.18 bits per heavy atom. The number of hydrogen-bond acceptors (Lipinski definition) is 2. The van der Waals surface area contributed by atoms with Crippen molar-refractivity contribution in [3.8, 4) is 0 Å². The molecule has 4 nitrogen and oxygen atoms in total. The van der Waals surface area contributed by atoms with Crippen molar-refractivity contribution in [2.75, 3.05) is 5.32 Å². The van der Waals surface area contributed by atoms with Gasteiger partial charge in [-0.15, -0.1) is 0 Å². The van der Waals surface area contributed by atoms with Gasteiger partial charge in [-0.2, -0.15) is 0 Å². The van der Waals surface area contributed by atoms with E-state index >= 15 is 0 Å². The van der Waals surface area contributed by atoms with Gasteiger partial charge >= 0.3 is 0 Å². The molecule has 1 unspecified atom stereocenters. The fourth-order valence-electron chi connectivity index (χ4n) is 3.21. The smallest absolute Gasteiger partial charge is 0.229 e. The molecule has 1 aliphatic carbocycles. The summed E-state index contributed by atoms with van der Waals surface area (Å²) in [5, 5.41) is 6.50. The topological polar surface area (TPSA) is 58.2 Å². The lowest BCUT2D eigenvalue weighted by Crippen LogP contribution is -2.50. The molecule has 1 aromatic rings. The fraction of sp³-hybridized carbons (Fsp3) is 0.412. The standard InChI is InChI=1S/C17H19ClN2O2/c18-12-6-3-7-13(10-12)19-17(22)14-8-9-15(21)20-16(14)11-4-1-2-5-11/h3-4,6-7,10,14,16H,1-2,5,8-9H2,(H,19,22)(H,20,21)/t14?,16-/m1/s1. The second-order valence-corrected chi connectivity index (χ2v) is 6.30. The zero-order valence-corrected chi connectivity index (χ0v) is 13.0. The minimum absolute atomic E-state index is 0.0320. The summed E-state index contributed by atoms with van der Waals surface area (Å²) in [5.41, 5.74) is 1.88. The quantitative estimate of drug-likeness (QED) is 0.840. The highest BCUT2D eigenvalue weighted by molar-refractivity contribution is 6.30. The molecule has 2 amide bonds. The molecule has 5 heteroatoms. The Kier molecular flexibility index (Phi) is 4.48. The lowest BCUT2D eigenvalue weighted by atomic mass is 9.84. The third-order valence-electron chi connectivity index (χ3n) is 4.31. The Bertz CT molecular complexity index is 627. The molecule has 2 aliphatic rings. The van der Waals surface area contributed by atoms with Gasteiger partial charge in [0.15, 0.2) is 0 Å². The predicted octanol–water partition coefficient (Wildman–Crippen LogP) is 3.28. The molecule has 3 rings (SSSR count). The van der Waals surface area contributed by atoms with E-state index in [2.05, 4.69) is 16.7 Å². The molecule has 2 N–H and O–H groups in total. The van der Waals surface area contributed by atoms with Gasteiger partial charge in [0.1, 0.15) is 0 Å². The highest BCUT2D eigenvalue weighted by Crippen LogP contribution is 2.30. The van der Waals surface area contributed by atoms with E-state index in [0.717, 1.165) is 19.3 Å². The van der Waals surface area contributed by atoms with E-state index in [1.54, 1.807) is 18.2 Å². The van der Waals surface area contributed by atoms with Gasteiger partial charge in [0.05, 0.1) is 12.0 Å². The van der Waals surface area contributed by atoms with Crippen LogP contribution in [-0.2, 0) is 9.59 Å². The van der Waals surface area contributed by atoms with Crippen molar-refractivity contribution in [1.82, 2.24) is 5.32 Å². The van der Waals surface area contributed by atoms with Crippen molar-refractivity contribution in [3.63, 3.8) is 0 Å². The molecule has 1 aliphatic heterocycles. The third kappa shape index (κ3) is 3.33. The number of piperidine rings is 1. The first kappa shape index (κ1) is 15.1. The van der Waals surface area contributed by atoms with E-state index in [1.165, 1.54) is 5.57 Å². The summed E-state index contributed by atoms with van der Waals surface area (Å²) >= 11 is 5.95. The number of carbonyl (C=O) groups excluding carboxylic acids is 2. The van der Waals surface area contributed by atoms with E-state index in [9.17, 15) is 9.59 Å². The highest BCUT2D eigenvalue weighted by atomic mass is 35.5. The van der Waals surface area contributed by atoms with Crippen molar-refractivity contribution >= 4 is 29.1 Å². The Balaban J connectivity index is 1.75. The van der Waals surface area contributed by atoms with E-state index in [0.29, 0.717) is 23.6 Å². The summed E-state index contributed by atoms with van der Waals surface area (Å²) in [4.78, 5) is 24.3. The van der Waals surface area contributed by atoms with Crippen LogP contribution in [0.25, 0.3) is 0 Å². The van der Waals surface area contributed by atoms with Crippen LogP contribution in [0, 0.1) is 5.92 Å². The van der Waals surface area contributed by atoms with Gasteiger partial charge in [-0.05, 0) is 43.9 Å². The number of benzene rings is 1. The SMILES string of the molecule is O=C1CCC(C(=O)Nc2cccc(Cl)c2)[C@@H](C2=CCCC2)N1. The number of rotatable bonds is 3. The van der Waals surface area contributed by atoms with E-state index in [1.807, 2.05) is 6.07 Å². The number of hydrogen-bond donors (Lipinski definition) is 2. The molecule has 1 fully saturated rings. The first-order chi connectivity index (χ1) is 10.6. The van der Waals surface area contributed by atoms with Crippen LogP contribution in [0.1, 0.15) is 32.1 Å². The second-order valence-electron chi connectivity index (χ2n) is 5.86. The average Bonchev–Trinajstić information content (AvgIpc) is 3.01. The summed E-state index contributed by atoms with van der Waals surface area (Å²) in [6.07, 6.45) is 6.24. The van der Waals surface area contributed by atoms with E-state index < -0.39 is 0 Å². The van der Waals surface area contributed by atoms with Crippen LogP contribution < -0.4 is 10.6 Å². The maximum absolute atomic E-state index is 12.6. The van der Waals surface area contributed by atoms with Crippen LogP contribution >= 0.6 is 11.6 Å². The Hall–Kier alpha value is -1.81. The van der Waals surface area contributed by atoms with Crippen LogP contribution in [0.15, 0.2) is 35.9 Å². The number of carbonyl (C=O) groups is 2. The molecule has 1 aromatic carbocycles. The Labute approximate surface area is 134 Å². The minimum Gasteiger partial charge on any atom is -0.349 e. The van der Waals surface area contributed by atoms with Crippen molar-refractivity contribution < 1.29 is 9.59 Å². The van der Waals surface area contributed by atoms with Gasteiger partial charge in [0, 0.05) is 17.1 Å². The first-order valence-electron chi connectivity index (χ1n) is 7.68. The molecule has 1 heterocycles. The molecule has 116 valence electrons. The zero-order valence-electron chi connectivity index (χ0n) is 12.3. The highest BCUT2D eigenvalue weighted by Gasteiger charge is 2.36. The molecular weight excluding hydrogens is 300 g/mol. The van der Waals surface area contributed by atoms with Gasteiger partial charge in [0.2, 0.25) is 11.8 Å². The number of allylic oxidation sites excluding steroid dienone is 1. The largest absolute Gasteiger partial charge is 0.349 e. The van der Waals surface area contributed by atoms with Crippen molar-refractivity contribution in [2.45, 2.75) is 38.1 Å². The molecule has 0 saturated carbocycles. The molecule has 0 spiro atoms. The number of halogens is 1. The van der Waals surface area contributed by atoms with Gasteiger partial charge in [-0.3, -0.25) is 9.59 Å². The number of amides is 2. The normalized spacial score (nSPS) is 24.6. The molecule has 1 saturated heterocycles. The molecule has 22 heavy (non-hydrogen) atoms. The lowest BCUT2D eigenvalue weighted by molar-refractivity contribution is -0.127. The van der Waals surface area contributed by atoms with Crippen LogP contribution in [0.2, 0.25) is 5.02 Å². The predicted molar refractivity (Wildman–Crippen MR) is 86.7 cm³/mol. The van der Waals surface area contributed by atoms with E-state index in [4.69, 9.17) is 11.6 Å². The van der Waals surface area contributed by atoms with Crippen LogP contribution in [0.3, 0.4) is 0 Å². The van der Waals surface area contributed by atoms with Gasteiger partial charge in [0.25, 0.3) is 0 Å². The zero-order chi connectivity index (χ0) is 15.5. The monoisotopic (exact) mass is 318 g/mol. The summed E-state index contributed by atoms with van der Waals surface area (Å²) in [6.45, 7) is 0. The number of nitrogens with one attached hydrogen (secondary N) is 2. The summed E-state index contributed by atoms with van der Waals surface area (Å²) in [6, 6.07) is 6.95. The van der Waals surface area contributed by atoms with Gasteiger partial charge in [-0.1, -0.05) is 29.3 Å². The van der Waals surface area contributed by atoms with Crippen molar-refractivity contribution in [1.29, 1.82) is 0 Å². The van der Waals surface area contributed by atoms with Crippen LogP contribution in [0.5, 0.6) is 0 Å². The minimum atomic E-state index is -0.221. The fourth-order valence-corrected chi connectivity index (χ4v) is 3.40. The molecule has 0 aromatic heterocycles. The van der Waals surface area contributed by atoms with Gasteiger partial charge < -0.3 is 10.6 Å². The maximum Gasteiger partial charge on any atom is 0.229 e.